The molecule has 1 amide bonds. The summed E-state index contributed by atoms with van der Waals surface area (Å²) in [5.41, 5.74) is 2.06. The first-order chi connectivity index (χ1) is 15.2. The number of carbonyl (C=O) groups excluding carboxylic acids is 1. The molecule has 1 unspecified atom stereocenters. The van der Waals surface area contributed by atoms with Crippen molar-refractivity contribution in [2.75, 3.05) is 18.0 Å². The largest absolute Gasteiger partial charge is 0.495 e. The molecule has 1 atom stereocenters. The molecule has 0 aromatic heterocycles. The second-order valence-corrected chi connectivity index (χ2v) is 10.1. The highest BCUT2D eigenvalue weighted by atomic mass is 79.9. The van der Waals surface area contributed by atoms with Crippen molar-refractivity contribution in [3.63, 3.8) is 0 Å². The number of anilines is 1. The van der Waals surface area contributed by atoms with Crippen molar-refractivity contribution in [1.29, 1.82) is 0 Å². The average Bonchev–Trinajstić information content (AvgIpc) is 2.78. The number of methoxy groups -OCH3 is 1. The lowest BCUT2D eigenvalue weighted by Crippen LogP contribution is -2.41. The number of nitrogens with zero attached hydrogens (tertiary/aromatic N) is 1. The Hall–Kier alpha value is -2.84. The number of sulfonamides is 1. The Kier molecular flexibility index (Phi) is 7.58. The molecule has 3 rings (SSSR count). The fourth-order valence-electron chi connectivity index (χ4n) is 3.29. The first-order valence-corrected chi connectivity index (χ1v) is 12.2. The normalized spacial score (nSPS) is 12.1. The van der Waals surface area contributed by atoms with E-state index in [9.17, 15) is 13.2 Å². The number of hydrogen-bond donors (Lipinski definition) is 1. The van der Waals surface area contributed by atoms with Gasteiger partial charge < -0.3 is 10.1 Å². The van der Waals surface area contributed by atoms with Gasteiger partial charge in [-0.3, -0.25) is 9.10 Å². The Morgan fingerprint density at radius 1 is 1.06 bits per heavy atom. The standard InChI is InChI=1S/C24H25BrN2O4S/c1-17-12-13-22(31-3)23(14-17)32(29,30)27(21-10-5-4-6-11-21)16-24(28)26-18(2)19-8-7-9-20(25)15-19/h4-15,18H,16H2,1-3H3,(H,26,28). The van der Waals surface area contributed by atoms with Gasteiger partial charge in [0.15, 0.2) is 0 Å². The van der Waals surface area contributed by atoms with Crippen molar-refractivity contribution in [2.45, 2.75) is 24.8 Å². The molecule has 168 valence electrons. The van der Waals surface area contributed by atoms with Gasteiger partial charge in [0, 0.05) is 4.47 Å². The van der Waals surface area contributed by atoms with Crippen molar-refractivity contribution in [2.24, 2.45) is 0 Å². The van der Waals surface area contributed by atoms with Crippen LogP contribution in [0.3, 0.4) is 0 Å². The smallest absolute Gasteiger partial charge is 0.268 e. The zero-order valence-corrected chi connectivity index (χ0v) is 20.5. The van der Waals surface area contributed by atoms with Gasteiger partial charge in [0.1, 0.15) is 17.2 Å². The number of nitrogens with one attached hydrogen (secondary N) is 1. The van der Waals surface area contributed by atoms with Crippen LogP contribution in [0, 0.1) is 6.92 Å². The summed E-state index contributed by atoms with van der Waals surface area (Å²) in [6.07, 6.45) is 0. The molecule has 32 heavy (non-hydrogen) atoms. The van der Waals surface area contributed by atoms with Crippen LogP contribution in [-0.2, 0) is 14.8 Å². The molecule has 0 saturated carbocycles. The average molecular weight is 517 g/mol. The molecule has 8 heteroatoms. The summed E-state index contributed by atoms with van der Waals surface area (Å²) >= 11 is 3.43. The summed E-state index contributed by atoms with van der Waals surface area (Å²) in [5.74, 6) is -0.198. The van der Waals surface area contributed by atoms with Gasteiger partial charge in [-0.2, -0.15) is 0 Å². The fourth-order valence-corrected chi connectivity index (χ4v) is 5.37. The van der Waals surface area contributed by atoms with E-state index in [1.807, 2.05) is 31.2 Å². The Morgan fingerprint density at radius 3 is 2.44 bits per heavy atom. The molecule has 0 aliphatic heterocycles. The molecule has 0 aliphatic rings. The SMILES string of the molecule is COc1ccc(C)cc1S(=O)(=O)N(CC(=O)NC(C)c1cccc(Br)c1)c1ccccc1. The monoisotopic (exact) mass is 516 g/mol. The van der Waals surface area contributed by atoms with E-state index >= 15 is 0 Å². The van der Waals surface area contributed by atoms with E-state index in [4.69, 9.17) is 4.74 Å². The van der Waals surface area contributed by atoms with Gasteiger partial charge in [0.05, 0.1) is 18.8 Å². The minimum absolute atomic E-state index is 0.0108. The zero-order chi connectivity index (χ0) is 23.3. The highest BCUT2D eigenvalue weighted by molar-refractivity contribution is 9.10. The first-order valence-electron chi connectivity index (χ1n) is 9.99. The summed E-state index contributed by atoms with van der Waals surface area (Å²) in [4.78, 5) is 12.9. The topological polar surface area (TPSA) is 75.7 Å². The van der Waals surface area contributed by atoms with Crippen molar-refractivity contribution >= 4 is 37.5 Å². The Bertz CT molecular complexity index is 1200. The van der Waals surface area contributed by atoms with Gasteiger partial charge in [0.2, 0.25) is 5.91 Å². The quantitative estimate of drug-likeness (QED) is 0.464. The van der Waals surface area contributed by atoms with Crippen LogP contribution in [0.5, 0.6) is 5.75 Å². The van der Waals surface area contributed by atoms with Crippen LogP contribution in [0.1, 0.15) is 24.1 Å². The summed E-state index contributed by atoms with van der Waals surface area (Å²) in [5, 5.41) is 2.89. The molecule has 0 heterocycles. The maximum atomic E-state index is 13.7. The van der Waals surface area contributed by atoms with Crippen molar-refractivity contribution in [1.82, 2.24) is 5.32 Å². The number of para-hydroxylation sites is 1. The van der Waals surface area contributed by atoms with Crippen molar-refractivity contribution in [3.8, 4) is 5.75 Å². The lowest BCUT2D eigenvalue weighted by Gasteiger charge is -2.26. The van der Waals surface area contributed by atoms with Crippen LogP contribution in [-0.4, -0.2) is 28.0 Å². The number of halogens is 1. The maximum absolute atomic E-state index is 13.7. The van der Waals surface area contributed by atoms with E-state index in [0.717, 1.165) is 19.9 Å². The number of ether oxygens (including phenoxy) is 1. The molecule has 6 nitrogen and oxygen atoms in total. The molecule has 0 aliphatic carbocycles. The van der Waals surface area contributed by atoms with E-state index in [-0.39, 0.29) is 23.2 Å². The van der Waals surface area contributed by atoms with Gasteiger partial charge in [0.25, 0.3) is 10.0 Å². The number of rotatable bonds is 8. The fraction of sp³-hybridized carbons (Fsp3) is 0.208. The zero-order valence-electron chi connectivity index (χ0n) is 18.1. The Balaban J connectivity index is 1.94. The number of carbonyl (C=O) groups is 1. The molecule has 0 spiro atoms. The third-order valence-electron chi connectivity index (χ3n) is 4.94. The Morgan fingerprint density at radius 2 is 1.78 bits per heavy atom. The maximum Gasteiger partial charge on any atom is 0.268 e. The van der Waals surface area contributed by atoms with Crippen molar-refractivity contribution < 1.29 is 17.9 Å². The molecular formula is C24H25BrN2O4S. The van der Waals surface area contributed by atoms with Crippen molar-refractivity contribution in [3.05, 3.63) is 88.4 Å². The van der Waals surface area contributed by atoms with Gasteiger partial charge in [-0.25, -0.2) is 8.42 Å². The molecule has 1 N–H and O–H groups in total. The molecule has 3 aromatic rings. The van der Waals surface area contributed by atoms with Crippen LogP contribution in [0.25, 0.3) is 0 Å². The third-order valence-corrected chi connectivity index (χ3v) is 7.23. The molecule has 0 fully saturated rings. The van der Waals surface area contributed by atoms with Gasteiger partial charge >= 0.3 is 0 Å². The van der Waals surface area contributed by atoms with E-state index in [2.05, 4.69) is 21.2 Å². The summed E-state index contributed by atoms with van der Waals surface area (Å²) < 4.78 is 34.6. The van der Waals surface area contributed by atoms with Crippen LogP contribution < -0.4 is 14.4 Å². The van der Waals surface area contributed by atoms with E-state index < -0.39 is 15.9 Å². The van der Waals surface area contributed by atoms with E-state index in [1.165, 1.54) is 7.11 Å². The summed E-state index contributed by atoms with van der Waals surface area (Å²) in [6.45, 7) is 3.28. The lowest BCUT2D eigenvalue weighted by atomic mass is 10.1. The number of hydrogen-bond acceptors (Lipinski definition) is 4. The third kappa shape index (κ3) is 5.49. The molecular weight excluding hydrogens is 492 g/mol. The molecule has 3 aromatic carbocycles. The van der Waals surface area contributed by atoms with Gasteiger partial charge in [-0.15, -0.1) is 0 Å². The second-order valence-electron chi connectivity index (χ2n) is 7.35. The molecule has 0 radical (unpaired) electrons. The minimum atomic E-state index is -4.08. The Labute approximate surface area is 197 Å². The molecule has 0 bridgehead atoms. The van der Waals surface area contributed by atoms with Crippen LogP contribution in [0.4, 0.5) is 5.69 Å². The number of aryl methyl sites for hydroxylation is 1. The van der Waals surface area contributed by atoms with Gasteiger partial charge in [-0.05, 0) is 61.4 Å². The van der Waals surface area contributed by atoms with Gasteiger partial charge in [-0.1, -0.05) is 52.3 Å². The highest BCUT2D eigenvalue weighted by Gasteiger charge is 2.30. The summed E-state index contributed by atoms with van der Waals surface area (Å²) in [6, 6.07) is 20.8. The predicted molar refractivity (Wildman–Crippen MR) is 129 cm³/mol. The molecule has 0 saturated heterocycles. The number of amides is 1. The highest BCUT2D eigenvalue weighted by Crippen LogP contribution is 2.30. The van der Waals surface area contributed by atoms with Crippen LogP contribution >= 0.6 is 15.9 Å². The van der Waals surface area contributed by atoms with Crippen LogP contribution in [0.2, 0.25) is 0 Å². The van der Waals surface area contributed by atoms with Crippen LogP contribution in [0.15, 0.2) is 82.2 Å². The predicted octanol–water partition coefficient (Wildman–Crippen LogP) is 4.84. The second kappa shape index (κ2) is 10.2. The first kappa shape index (κ1) is 23.8. The van der Waals surface area contributed by atoms with E-state index in [1.54, 1.807) is 55.5 Å². The lowest BCUT2D eigenvalue weighted by molar-refractivity contribution is -0.120. The summed E-state index contributed by atoms with van der Waals surface area (Å²) in [7, 11) is -2.66. The van der Waals surface area contributed by atoms with E-state index in [0.29, 0.717) is 5.69 Å². The number of benzene rings is 3. The minimum Gasteiger partial charge on any atom is -0.495 e.